The van der Waals surface area contributed by atoms with Crippen molar-refractivity contribution in [2.45, 2.75) is 13.0 Å². The fourth-order valence-electron chi connectivity index (χ4n) is 1.74. The highest BCUT2D eigenvalue weighted by Gasteiger charge is 2.11. The first-order valence-corrected chi connectivity index (χ1v) is 6.36. The van der Waals surface area contributed by atoms with Crippen LogP contribution in [0.3, 0.4) is 0 Å². The highest BCUT2D eigenvalue weighted by molar-refractivity contribution is 9.10. The van der Waals surface area contributed by atoms with Gasteiger partial charge >= 0.3 is 0 Å². The molecule has 1 atom stereocenters. The van der Waals surface area contributed by atoms with Crippen LogP contribution in [0.4, 0.5) is 10.1 Å². The molecule has 0 bridgehead atoms. The molecule has 0 saturated heterocycles. The summed E-state index contributed by atoms with van der Waals surface area (Å²) in [6.45, 7) is 1.87. The van der Waals surface area contributed by atoms with Gasteiger partial charge in [0.1, 0.15) is 11.6 Å². The van der Waals surface area contributed by atoms with E-state index in [4.69, 9.17) is 0 Å². The summed E-state index contributed by atoms with van der Waals surface area (Å²) in [6, 6.07) is 11.7. The maximum Gasteiger partial charge on any atom is 0.132 e. The lowest BCUT2D eigenvalue weighted by Crippen LogP contribution is -2.08. The monoisotopic (exact) mass is 309 g/mol. The molecule has 2 aromatic rings. The SMILES string of the molecule is CC(Nc1ccc(Br)cc1)c1ccc(O)cc1F. The molecule has 2 rings (SSSR count). The Morgan fingerprint density at radius 3 is 2.44 bits per heavy atom. The van der Waals surface area contributed by atoms with Crippen molar-refractivity contribution in [2.24, 2.45) is 0 Å². The van der Waals surface area contributed by atoms with Gasteiger partial charge in [-0.2, -0.15) is 0 Å². The van der Waals surface area contributed by atoms with Crippen LogP contribution < -0.4 is 5.32 Å². The van der Waals surface area contributed by atoms with Gasteiger partial charge in [0.15, 0.2) is 0 Å². The van der Waals surface area contributed by atoms with E-state index in [-0.39, 0.29) is 11.8 Å². The van der Waals surface area contributed by atoms with Crippen LogP contribution in [0.5, 0.6) is 5.75 Å². The van der Waals surface area contributed by atoms with Crippen LogP contribution in [-0.4, -0.2) is 5.11 Å². The zero-order valence-electron chi connectivity index (χ0n) is 9.82. The van der Waals surface area contributed by atoms with E-state index in [1.807, 2.05) is 31.2 Å². The Balaban J connectivity index is 2.16. The van der Waals surface area contributed by atoms with Crippen molar-refractivity contribution in [3.05, 3.63) is 58.3 Å². The molecule has 0 radical (unpaired) electrons. The number of phenolic OH excluding ortho intramolecular Hbond substituents is 1. The van der Waals surface area contributed by atoms with Crippen LogP contribution >= 0.6 is 15.9 Å². The highest BCUT2D eigenvalue weighted by atomic mass is 79.9. The summed E-state index contributed by atoms with van der Waals surface area (Å²) in [4.78, 5) is 0. The van der Waals surface area contributed by atoms with Crippen molar-refractivity contribution < 1.29 is 9.50 Å². The van der Waals surface area contributed by atoms with Gasteiger partial charge < -0.3 is 10.4 Å². The highest BCUT2D eigenvalue weighted by Crippen LogP contribution is 2.25. The predicted molar refractivity (Wildman–Crippen MR) is 74.2 cm³/mol. The molecule has 2 nitrogen and oxygen atoms in total. The Morgan fingerprint density at radius 1 is 1.17 bits per heavy atom. The van der Waals surface area contributed by atoms with Crippen molar-refractivity contribution in [1.29, 1.82) is 0 Å². The standard InChI is InChI=1S/C14H13BrFNO/c1-9(13-7-6-12(18)8-14(13)16)17-11-4-2-10(15)3-5-11/h2-9,17-18H,1H3. The molecule has 0 heterocycles. The Kier molecular flexibility index (Phi) is 3.87. The Bertz CT molecular complexity index is 542. The van der Waals surface area contributed by atoms with Gasteiger partial charge in [-0.3, -0.25) is 0 Å². The van der Waals surface area contributed by atoms with Gasteiger partial charge in [0.25, 0.3) is 0 Å². The molecule has 2 aromatic carbocycles. The number of hydrogen-bond acceptors (Lipinski definition) is 2. The first-order valence-electron chi connectivity index (χ1n) is 5.57. The van der Waals surface area contributed by atoms with Gasteiger partial charge in [0.05, 0.1) is 6.04 Å². The molecule has 0 aliphatic heterocycles. The van der Waals surface area contributed by atoms with Crippen molar-refractivity contribution in [3.8, 4) is 5.75 Å². The molecule has 94 valence electrons. The fourth-order valence-corrected chi connectivity index (χ4v) is 2.01. The quantitative estimate of drug-likeness (QED) is 0.877. The van der Waals surface area contributed by atoms with Crippen LogP contribution in [0, 0.1) is 5.82 Å². The second-order valence-corrected chi connectivity index (χ2v) is 4.99. The topological polar surface area (TPSA) is 32.3 Å². The first kappa shape index (κ1) is 12.9. The fraction of sp³-hybridized carbons (Fsp3) is 0.143. The lowest BCUT2D eigenvalue weighted by Gasteiger charge is -2.16. The number of nitrogens with one attached hydrogen (secondary N) is 1. The molecule has 0 aliphatic carbocycles. The first-order chi connectivity index (χ1) is 8.56. The molecule has 1 unspecified atom stereocenters. The van der Waals surface area contributed by atoms with Crippen molar-refractivity contribution in [3.63, 3.8) is 0 Å². The van der Waals surface area contributed by atoms with Gasteiger partial charge in [-0.25, -0.2) is 4.39 Å². The number of anilines is 1. The normalized spacial score (nSPS) is 12.2. The molecule has 0 saturated carbocycles. The molecule has 0 amide bonds. The number of aromatic hydroxyl groups is 1. The molecule has 18 heavy (non-hydrogen) atoms. The second kappa shape index (κ2) is 5.40. The molecule has 0 aromatic heterocycles. The molecular weight excluding hydrogens is 297 g/mol. The minimum absolute atomic E-state index is 0.0629. The zero-order valence-corrected chi connectivity index (χ0v) is 11.4. The van der Waals surface area contributed by atoms with Gasteiger partial charge in [-0.05, 0) is 37.3 Å². The van der Waals surface area contributed by atoms with E-state index < -0.39 is 5.82 Å². The minimum Gasteiger partial charge on any atom is -0.508 e. The lowest BCUT2D eigenvalue weighted by atomic mass is 10.1. The summed E-state index contributed by atoms with van der Waals surface area (Å²) < 4.78 is 14.7. The van der Waals surface area contributed by atoms with Crippen LogP contribution in [0.15, 0.2) is 46.9 Å². The summed E-state index contributed by atoms with van der Waals surface area (Å²) in [6.07, 6.45) is 0. The van der Waals surface area contributed by atoms with Crippen molar-refractivity contribution >= 4 is 21.6 Å². The summed E-state index contributed by atoms with van der Waals surface area (Å²) in [5.41, 5.74) is 1.44. The average molecular weight is 310 g/mol. The third kappa shape index (κ3) is 3.01. The van der Waals surface area contributed by atoms with Gasteiger partial charge in [0, 0.05) is 21.8 Å². The van der Waals surface area contributed by atoms with E-state index in [9.17, 15) is 9.50 Å². The number of hydrogen-bond donors (Lipinski definition) is 2. The third-order valence-corrected chi connectivity index (χ3v) is 3.21. The van der Waals surface area contributed by atoms with Crippen molar-refractivity contribution in [2.75, 3.05) is 5.32 Å². The number of phenols is 1. The predicted octanol–water partition coefficient (Wildman–Crippen LogP) is 4.47. The Morgan fingerprint density at radius 2 is 1.83 bits per heavy atom. The van der Waals surface area contributed by atoms with E-state index in [1.54, 1.807) is 6.07 Å². The van der Waals surface area contributed by atoms with E-state index in [0.29, 0.717) is 5.56 Å². The van der Waals surface area contributed by atoms with Crippen LogP contribution in [-0.2, 0) is 0 Å². The third-order valence-electron chi connectivity index (χ3n) is 2.68. The largest absolute Gasteiger partial charge is 0.508 e. The maximum atomic E-state index is 13.7. The van der Waals surface area contributed by atoms with Crippen LogP contribution in [0.1, 0.15) is 18.5 Å². The maximum absolute atomic E-state index is 13.7. The number of rotatable bonds is 3. The van der Waals surface area contributed by atoms with Crippen LogP contribution in [0.2, 0.25) is 0 Å². The smallest absolute Gasteiger partial charge is 0.132 e. The minimum atomic E-state index is -0.410. The summed E-state index contributed by atoms with van der Waals surface area (Å²) in [5, 5.41) is 12.4. The second-order valence-electron chi connectivity index (χ2n) is 4.08. The van der Waals surface area contributed by atoms with Crippen LogP contribution in [0.25, 0.3) is 0 Å². The summed E-state index contributed by atoms with van der Waals surface area (Å²) in [7, 11) is 0. The average Bonchev–Trinajstić information content (AvgIpc) is 2.32. The van der Waals surface area contributed by atoms with Gasteiger partial charge in [0.2, 0.25) is 0 Å². The Labute approximate surface area is 114 Å². The zero-order chi connectivity index (χ0) is 13.1. The molecular formula is C14H13BrFNO. The molecule has 2 N–H and O–H groups in total. The summed E-state index contributed by atoms with van der Waals surface area (Å²) >= 11 is 3.36. The molecule has 0 aliphatic rings. The lowest BCUT2D eigenvalue weighted by molar-refractivity contribution is 0.467. The van der Waals surface area contributed by atoms with E-state index in [0.717, 1.165) is 16.2 Å². The number of halogens is 2. The van der Waals surface area contributed by atoms with E-state index in [1.165, 1.54) is 6.07 Å². The van der Waals surface area contributed by atoms with Crippen molar-refractivity contribution in [1.82, 2.24) is 0 Å². The number of benzene rings is 2. The Hall–Kier alpha value is -1.55. The molecule has 0 fully saturated rings. The summed E-state index contributed by atoms with van der Waals surface area (Å²) in [5.74, 6) is -0.473. The van der Waals surface area contributed by atoms with E-state index in [2.05, 4.69) is 21.2 Å². The molecule has 0 spiro atoms. The van der Waals surface area contributed by atoms with Gasteiger partial charge in [-0.15, -0.1) is 0 Å². The van der Waals surface area contributed by atoms with Gasteiger partial charge in [-0.1, -0.05) is 22.0 Å². The van der Waals surface area contributed by atoms with E-state index >= 15 is 0 Å². The molecule has 4 heteroatoms.